The number of aromatic nitrogens is 2. The number of ether oxygens (including phenoxy) is 3. The Bertz CT molecular complexity index is 2020. The predicted octanol–water partition coefficient (Wildman–Crippen LogP) is 9.11. The van der Waals surface area contributed by atoms with E-state index in [4.69, 9.17) is 25.8 Å². The summed E-state index contributed by atoms with van der Waals surface area (Å²) in [5, 5.41) is 14.7. The molecule has 0 bridgehead atoms. The molecule has 2 N–H and O–H groups in total. The molecule has 2 aromatic carbocycles. The molecule has 1 aliphatic heterocycles. The van der Waals surface area contributed by atoms with E-state index in [2.05, 4.69) is 59.3 Å². The predicted molar refractivity (Wildman–Crippen MR) is 219 cm³/mol. The summed E-state index contributed by atoms with van der Waals surface area (Å²) in [6.07, 6.45) is 11.4. The second kappa shape index (κ2) is 16.3. The number of hydrogen-bond acceptors (Lipinski definition) is 8. The van der Waals surface area contributed by atoms with Gasteiger partial charge in [-0.15, -0.1) is 0 Å². The van der Waals surface area contributed by atoms with Gasteiger partial charge in [0.25, 0.3) is 0 Å². The van der Waals surface area contributed by atoms with Crippen LogP contribution in [0.15, 0.2) is 73.1 Å². The van der Waals surface area contributed by atoms with Crippen molar-refractivity contribution in [2.24, 2.45) is 17.8 Å². The summed E-state index contributed by atoms with van der Waals surface area (Å²) in [7, 11) is 2.12. The first-order chi connectivity index (χ1) is 27.1. The molecule has 2 aromatic heterocycles. The first-order valence-electron chi connectivity index (χ1n) is 20.5. The zero-order valence-electron chi connectivity index (χ0n) is 32.9. The van der Waals surface area contributed by atoms with E-state index in [1.165, 1.54) is 35.2 Å². The average molecular weight is 779 g/mol. The van der Waals surface area contributed by atoms with Gasteiger partial charge in [-0.3, -0.25) is 9.97 Å². The molecule has 4 aliphatic rings. The summed E-state index contributed by atoms with van der Waals surface area (Å²) >= 11 is 6.32. The number of rotatable bonds is 12. The Hall–Kier alpha value is -4.34. The SMILES string of the molecule is C[C@@H](COc1ccnc2c1[C@H](C)CCC2)CC1Cc2cc3c(cc2C12CCC(Nc1cccc(Cl)c1)(C(=O)O)CC2)OCC(CN(C)Cc1ccccn1)CO3. The van der Waals surface area contributed by atoms with E-state index < -0.39 is 11.5 Å². The van der Waals surface area contributed by atoms with Crippen LogP contribution in [-0.4, -0.2) is 64.9 Å². The van der Waals surface area contributed by atoms with E-state index in [0.717, 1.165) is 73.8 Å². The van der Waals surface area contributed by atoms with E-state index in [0.29, 0.717) is 55.4 Å². The molecule has 1 fully saturated rings. The Morgan fingerprint density at radius 3 is 2.59 bits per heavy atom. The van der Waals surface area contributed by atoms with Crippen molar-refractivity contribution in [3.63, 3.8) is 0 Å². The Balaban J connectivity index is 1.02. The largest absolute Gasteiger partial charge is 0.493 e. The molecule has 0 radical (unpaired) electrons. The molecule has 3 aliphatic carbocycles. The van der Waals surface area contributed by atoms with Crippen molar-refractivity contribution < 1.29 is 24.1 Å². The van der Waals surface area contributed by atoms with Crippen molar-refractivity contribution >= 4 is 23.3 Å². The van der Waals surface area contributed by atoms with Crippen LogP contribution in [0.25, 0.3) is 0 Å². The van der Waals surface area contributed by atoms with Crippen LogP contribution >= 0.6 is 11.6 Å². The van der Waals surface area contributed by atoms with E-state index >= 15 is 0 Å². The minimum Gasteiger partial charge on any atom is -0.493 e. The first-order valence-corrected chi connectivity index (χ1v) is 20.9. The maximum Gasteiger partial charge on any atom is 0.329 e. The fraction of sp³-hybridized carbons (Fsp3) is 0.500. The van der Waals surface area contributed by atoms with Crippen LogP contribution in [-0.2, 0) is 29.6 Å². The minimum atomic E-state index is -1.09. The van der Waals surface area contributed by atoms with E-state index in [9.17, 15) is 9.90 Å². The zero-order valence-corrected chi connectivity index (χ0v) is 33.7. The van der Waals surface area contributed by atoms with Gasteiger partial charge in [0.05, 0.1) is 25.5 Å². The molecule has 1 spiro atoms. The summed E-state index contributed by atoms with van der Waals surface area (Å²) in [6.45, 7) is 7.94. The molecular formula is C46H55ClN4O5. The smallest absolute Gasteiger partial charge is 0.329 e. The van der Waals surface area contributed by atoms with Gasteiger partial charge < -0.3 is 29.5 Å². The molecule has 2 unspecified atom stereocenters. The van der Waals surface area contributed by atoms with Crippen molar-refractivity contribution in [1.82, 2.24) is 14.9 Å². The van der Waals surface area contributed by atoms with Crippen LogP contribution in [0.4, 0.5) is 5.69 Å². The molecule has 9 nitrogen and oxygen atoms in total. The van der Waals surface area contributed by atoms with Crippen LogP contribution in [0.3, 0.4) is 0 Å². The number of fused-ring (bicyclic) bond motifs is 4. The van der Waals surface area contributed by atoms with Crippen molar-refractivity contribution in [3.05, 3.63) is 106 Å². The molecule has 0 saturated heterocycles. The number of hydrogen-bond donors (Lipinski definition) is 2. The molecule has 56 heavy (non-hydrogen) atoms. The number of nitrogens with one attached hydrogen (secondary N) is 1. The lowest BCUT2D eigenvalue weighted by atomic mass is 9.59. The molecule has 1 saturated carbocycles. The maximum atomic E-state index is 13.1. The Morgan fingerprint density at radius 2 is 1.84 bits per heavy atom. The number of carboxylic acids is 1. The first kappa shape index (κ1) is 38.5. The molecule has 296 valence electrons. The van der Waals surface area contributed by atoms with E-state index in [1.54, 1.807) is 0 Å². The molecule has 4 atom stereocenters. The number of aliphatic carboxylic acids is 1. The number of nitrogens with zero attached hydrogens (tertiary/aromatic N) is 3. The van der Waals surface area contributed by atoms with Gasteiger partial charge in [0.2, 0.25) is 0 Å². The van der Waals surface area contributed by atoms with Crippen LogP contribution in [0, 0.1) is 17.8 Å². The van der Waals surface area contributed by atoms with Crippen molar-refractivity contribution in [2.45, 2.75) is 95.1 Å². The van der Waals surface area contributed by atoms with Crippen molar-refractivity contribution in [1.29, 1.82) is 0 Å². The van der Waals surface area contributed by atoms with Crippen LogP contribution in [0.1, 0.15) is 92.8 Å². The number of carbonyl (C=O) groups is 1. The summed E-state index contributed by atoms with van der Waals surface area (Å²) in [4.78, 5) is 24.6. The maximum absolute atomic E-state index is 13.1. The van der Waals surface area contributed by atoms with Gasteiger partial charge in [0.15, 0.2) is 11.5 Å². The van der Waals surface area contributed by atoms with Gasteiger partial charge >= 0.3 is 5.97 Å². The summed E-state index contributed by atoms with van der Waals surface area (Å²) < 4.78 is 19.7. The highest BCUT2D eigenvalue weighted by molar-refractivity contribution is 6.30. The normalized spacial score (nSPS) is 25.9. The quantitative estimate of drug-likeness (QED) is 0.146. The summed E-state index contributed by atoms with van der Waals surface area (Å²) in [6, 6.07) is 19.9. The third-order valence-electron chi connectivity index (χ3n) is 13.0. The molecule has 8 rings (SSSR count). The minimum absolute atomic E-state index is 0.199. The van der Waals surface area contributed by atoms with Gasteiger partial charge in [0.1, 0.15) is 11.3 Å². The Morgan fingerprint density at radius 1 is 1.04 bits per heavy atom. The standard InChI is InChI=1S/C46H55ClN4O5/c1-30(27-54-40-13-19-49-39-12-6-8-31(2)43(39)40)20-34-21-33-22-41-42(56-29-32(28-55-41)25-51(3)26-37-10-4-5-18-48-37)24-38(33)45(34)14-16-46(17-15-45,44(52)53)50-36-11-7-9-35(47)23-36/h4-5,7,9-11,13,18-19,22-24,30-32,34,50H,6,8,12,14-17,20-21,25-29H2,1-3H3,(H,52,53)/t30-,31-,32?,34?,45?,46?/m1/s1. The highest BCUT2D eigenvalue weighted by Gasteiger charge is 2.54. The lowest BCUT2D eigenvalue weighted by molar-refractivity contribution is -0.144. The van der Waals surface area contributed by atoms with Crippen molar-refractivity contribution in [3.8, 4) is 17.2 Å². The van der Waals surface area contributed by atoms with E-state index in [-0.39, 0.29) is 11.3 Å². The second-order valence-electron chi connectivity index (χ2n) is 17.2. The van der Waals surface area contributed by atoms with Gasteiger partial charge in [0, 0.05) is 53.4 Å². The summed E-state index contributed by atoms with van der Waals surface area (Å²) in [5.74, 6) is 3.01. The van der Waals surface area contributed by atoms with Crippen LogP contribution in [0.5, 0.6) is 17.2 Å². The number of benzene rings is 2. The molecule has 10 heteroatoms. The molecular weight excluding hydrogens is 724 g/mol. The number of anilines is 1. The number of pyridine rings is 2. The molecule has 0 amide bonds. The Kier molecular flexibility index (Phi) is 11.2. The zero-order chi connectivity index (χ0) is 38.9. The monoisotopic (exact) mass is 778 g/mol. The van der Waals surface area contributed by atoms with Crippen LogP contribution < -0.4 is 19.5 Å². The van der Waals surface area contributed by atoms with E-state index in [1.807, 2.05) is 54.9 Å². The highest BCUT2D eigenvalue weighted by atomic mass is 35.5. The Labute approximate surface area is 336 Å². The fourth-order valence-corrected chi connectivity index (χ4v) is 10.4. The number of carboxylic acid groups (broad SMARTS) is 1. The lowest BCUT2D eigenvalue weighted by Crippen LogP contribution is -2.53. The topological polar surface area (TPSA) is 106 Å². The number of aryl methyl sites for hydroxylation is 1. The van der Waals surface area contributed by atoms with Crippen LogP contribution in [0.2, 0.25) is 5.02 Å². The number of halogens is 1. The van der Waals surface area contributed by atoms with Gasteiger partial charge in [-0.1, -0.05) is 37.6 Å². The average Bonchev–Trinajstić information content (AvgIpc) is 3.31. The van der Waals surface area contributed by atoms with Gasteiger partial charge in [-0.05, 0) is 148 Å². The van der Waals surface area contributed by atoms with Crippen molar-refractivity contribution in [2.75, 3.05) is 38.7 Å². The molecule has 4 aromatic rings. The second-order valence-corrected chi connectivity index (χ2v) is 17.6. The van der Waals surface area contributed by atoms with Gasteiger partial charge in [-0.2, -0.15) is 0 Å². The van der Waals surface area contributed by atoms with Gasteiger partial charge in [-0.25, -0.2) is 4.79 Å². The third kappa shape index (κ3) is 7.94. The fourth-order valence-electron chi connectivity index (χ4n) is 10.2. The molecule has 3 heterocycles. The highest BCUT2D eigenvalue weighted by Crippen LogP contribution is 2.58. The summed E-state index contributed by atoms with van der Waals surface area (Å²) in [5.41, 5.74) is 5.53. The lowest BCUT2D eigenvalue weighted by Gasteiger charge is -2.47. The third-order valence-corrected chi connectivity index (χ3v) is 13.3.